The Morgan fingerprint density at radius 2 is 1.95 bits per heavy atom. The average Bonchev–Trinajstić information content (AvgIpc) is 2.77. The van der Waals surface area contributed by atoms with Gasteiger partial charge in [-0.1, -0.05) is 23.7 Å². The first-order chi connectivity index (χ1) is 10.0. The fourth-order valence-electron chi connectivity index (χ4n) is 2.46. The van der Waals surface area contributed by atoms with Crippen molar-refractivity contribution in [1.29, 1.82) is 0 Å². The van der Waals surface area contributed by atoms with E-state index in [1.165, 1.54) is 31.4 Å². The summed E-state index contributed by atoms with van der Waals surface area (Å²) in [6.07, 6.45) is 0.915. The van der Waals surface area contributed by atoms with Crippen molar-refractivity contribution in [3.63, 3.8) is 0 Å². The number of nitrogens with one attached hydrogen (secondary N) is 1. The van der Waals surface area contributed by atoms with Crippen LogP contribution in [0.3, 0.4) is 0 Å². The molecule has 1 aliphatic rings. The lowest BCUT2D eigenvalue weighted by Gasteiger charge is -2.26. The molecule has 1 aliphatic heterocycles. The second kappa shape index (κ2) is 4.75. The van der Waals surface area contributed by atoms with Gasteiger partial charge >= 0.3 is 0 Å². The van der Waals surface area contributed by atoms with Crippen LogP contribution in [0.25, 0.3) is 0 Å². The molecule has 4 nitrogen and oxygen atoms in total. The first-order valence-corrected chi connectivity index (χ1v) is 6.35. The maximum Gasteiger partial charge on any atom is 0.267 e. The fraction of sp³-hybridized carbons (Fsp3) is 0.143. The molecule has 0 aliphatic carbocycles. The molecule has 0 saturated heterocycles. The zero-order valence-corrected chi connectivity index (χ0v) is 11.5. The molecular weight excluding hydrogens is 302 g/mol. The summed E-state index contributed by atoms with van der Waals surface area (Å²) < 4.78 is 32.2. The highest BCUT2D eigenvalue weighted by molar-refractivity contribution is 6.33. The van der Waals surface area contributed by atoms with Crippen LogP contribution in [0.4, 0.5) is 14.6 Å². The van der Waals surface area contributed by atoms with E-state index in [0.717, 1.165) is 6.20 Å². The van der Waals surface area contributed by atoms with Gasteiger partial charge in [-0.2, -0.15) is 0 Å². The molecule has 0 saturated carbocycles. The van der Waals surface area contributed by atoms with Crippen molar-refractivity contribution in [2.45, 2.75) is 5.60 Å². The van der Waals surface area contributed by atoms with Gasteiger partial charge in [-0.05, 0) is 17.7 Å². The smallest absolute Gasteiger partial charge is 0.267 e. The van der Waals surface area contributed by atoms with E-state index < -0.39 is 23.1 Å². The second-order valence-corrected chi connectivity index (χ2v) is 4.87. The van der Waals surface area contributed by atoms with Crippen LogP contribution in [0.5, 0.6) is 0 Å². The van der Waals surface area contributed by atoms with Crippen molar-refractivity contribution in [2.75, 3.05) is 12.4 Å². The van der Waals surface area contributed by atoms with Crippen molar-refractivity contribution in [1.82, 2.24) is 4.98 Å². The molecule has 21 heavy (non-hydrogen) atoms. The third-order valence-electron chi connectivity index (χ3n) is 3.43. The monoisotopic (exact) mass is 310 g/mol. The predicted molar refractivity (Wildman–Crippen MR) is 72.0 cm³/mol. The Bertz CT molecular complexity index is 736. The number of methoxy groups -OCH3 is 1. The van der Waals surface area contributed by atoms with Crippen molar-refractivity contribution in [3.8, 4) is 0 Å². The first kappa shape index (κ1) is 13.9. The predicted octanol–water partition coefficient (Wildman–Crippen LogP) is 2.86. The van der Waals surface area contributed by atoms with Gasteiger partial charge in [0.25, 0.3) is 5.91 Å². The molecule has 1 aromatic carbocycles. The van der Waals surface area contributed by atoms with Crippen molar-refractivity contribution in [3.05, 3.63) is 58.2 Å². The number of carbonyl (C=O) groups is 1. The quantitative estimate of drug-likeness (QED) is 0.928. The Labute approximate surface area is 123 Å². The van der Waals surface area contributed by atoms with Gasteiger partial charge in [0, 0.05) is 7.11 Å². The van der Waals surface area contributed by atoms with Gasteiger partial charge in [0.05, 0.1) is 16.8 Å². The number of pyridine rings is 1. The maximum absolute atomic E-state index is 13.7. The summed E-state index contributed by atoms with van der Waals surface area (Å²) in [7, 11) is 1.29. The van der Waals surface area contributed by atoms with Crippen LogP contribution in [0.1, 0.15) is 11.1 Å². The van der Waals surface area contributed by atoms with Crippen LogP contribution in [0.15, 0.2) is 30.5 Å². The van der Waals surface area contributed by atoms with Crippen LogP contribution in [0.2, 0.25) is 5.02 Å². The number of nitrogens with zero attached hydrogens (tertiary/aromatic N) is 1. The van der Waals surface area contributed by atoms with E-state index in [4.69, 9.17) is 16.3 Å². The summed E-state index contributed by atoms with van der Waals surface area (Å²) >= 11 is 5.99. The lowest BCUT2D eigenvalue weighted by atomic mass is 9.88. The minimum Gasteiger partial charge on any atom is -0.359 e. The zero-order valence-electron chi connectivity index (χ0n) is 10.8. The van der Waals surface area contributed by atoms with E-state index in [0.29, 0.717) is 5.56 Å². The molecule has 0 bridgehead atoms. The molecule has 0 radical (unpaired) electrons. The second-order valence-electron chi connectivity index (χ2n) is 4.49. The molecule has 108 valence electrons. The van der Waals surface area contributed by atoms with Crippen molar-refractivity contribution < 1.29 is 18.3 Å². The van der Waals surface area contributed by atoms with Gasteiger partial charge in [-0.3, -0.25) is 4.79 Å². The summed E-state index contributed by atoms with van der Waals surface area (Å²) in [5.41, 5.74) is -1.24. The highest BCUT2D eigenvalue weighted by Gasteiger charge is 2.51. The zero-order chi connectivity index (χ0) is 15.2. The molecule has 2 heterocycles. The standard InChI is InChI=1S/C14H9ClF2N2O2/c1-21-14(7-2-4-8(16)5-3-7)10-11(15)9(17)6-18-12(10)19-13(14)20/h2-6H,1H3,(H,18,19,20). The molecule has 7 heteroatoms. The van der Waals surface area contributed by atoms with Crippen LogP contribution in [-0.4, -0.2) is 18.0 Å². The van der Waals surface area contributed by atoms with E-state index in [9.17, 15) is 13.6 Å². The van der Waals surface area contributed by atoms with E-state index in [2.05, 4.69) is 10.3 Å². The Hall–Kier alpha value is -2.05. The molecule has 1 aromatic heterocycles. The van der Waals surface area contributed by atoms with E-state index >= 15 is 0 Å². The van der Waals surface area contributed by atoms with Gasteiger partial charge in [-0.25, -0.2) is 13.8 Å². The maximum atomic E-state index is 13.7. The van der Waals surface area contributed by atoms with E-state index in [1.54, 1.807) is 0 Å². The number of rotatable bonds is 2. The molecule has 3 rings (SSSR count). The van der Waals surface area contributed by atoms with E-state index in [1.807, 2.05) is 0 Å². The lowest BCUT2D eigenvalue weighted by Crippen LogP contribution is -2.37. The van der Waals surface area contributed by atoms with Crippen LogP contribution >= 0.6 is 11.6 Å². The molecule has 1 N–H and O–H groups in total. The number of halogens is 3. The van der Waals surface area contributed by atoms with Gasteiger partial charge in [-0.15, -0.1) is 0 Å². The summed E-state index contributed by atoms with van der Waals surface area (Å²) in [4.78, 5) is 16.2. The highest BCUT2D eigenvalue weighted by Crippen LogP contribution is 2.46. The summed E-state index contributed by atoms with van der Waals surface area (Å²) in [6.45, 7) is 0. The first-order valence-electron chi connectivity index (χ1n) is 5.98. The summed E-state index contributed by atoms with van der Waals surface area (Å²) in [6, 6.07) is 5.13. The average molecular weight is 311 g/mol. The third-order valence-corrected chi connectivity index (χ3v) is 3.80. The lowest BCUT2D eigenvalue weighted by molar-refractivity contribution is -0.132. The minimum atomic E-state index is -1.66. The molecule has 2 aromatic rings. The van der Waals surface area contributed by atoms with Crippen LogP contribution < -0.4 is 5.32 Å². The highest BCUT2D eigenvalue weighted by atomic mass is 35.5. The van der Waals surface area contributed by atoms with Gasteiger partial charge in [0.2, 0.25) is 5.60 Å². The number of ether oxygens (including phenoxy) is 1. The number of carbonyl (C=O) groups excluding carboxylic acids is 1. The number of benzene rings is 1. The molecule has 1 atom stereocenters. The normalized spacial score (nSPS) is 20.3. The van der Waals surface area contributed by atoms with E-state index in [-0.39, 0.29) is 16.4 Å². The molecule has 1 unspecified atom stereocenters. The van der Waals surface area contributed by atoms with Crippen LogP contribution in [-0.2, 0) is 15.1 Å². The molecule has 0 spiro atoms. The SMILES string of the molecule is COC1(c2ccc(F)cc2)C(=O)Nc2ncc(F)c(Cl)c21. The Morgan fingerprint density at radius 3 is 2.57 bits per heavy atom. The van der Waals surface area contributed by atoms with Crippen molar-refractivity contribution >= 4 is 23.3 Å². The number of fused-ring (bicyclic) bond motifs is 1. The fourth-order valence-corrected chi connectivity index (χ4v) is 2.73. The number of hydrogen-bond donors (Lipinski definition) is 1. The van der Waals surface area contributed by atoms with Crippen molar-refractivity contribution in [2.24, 2.45) is 0 Å². The Balaban J connectivity index is 2.31. The van der Waals surface area contributed by atoms with Gasteiger partial charge < -0.3 is 10.1 Å². The topological polar surface area (TPSA) is 51.2 Å². The number of amides is 1. The number of anilines is 1. The molecule has 1 amide bonds. The number of aromatic nitrogens is 1. The van der Waals surface area contributed by atoms with Gasteiger partial charge in [0.1, 0.15) is 11.6 Å². The molecule has 0 fully saturated rings. The summed E-state index contributed by atoms with van der Waals surface area (Å²) in [5, 5.41) is 2.24. The largest absolute Gasteiger partial charge is 0.359 e. The number of hydrogen-bond acceptors (Lipinski definition) is 3. The third kappa shape index (κ3) is 1.83. The Morgan fingerprint density at radius 1 is 1.29 bits per heavy atom. The Kier molecular flexibility index (Phi) is 3.15. The van der Waals surface area contributed by atoms with Crippen LogP contribution in [0, 0.1) is 11.6 Å². The molecular formula is C14H9ClF2N2O2. The minimum absolute atomic E-state index is 0.0864. The van der Waals surface area contributed by atoms with Gasteiger partial charge in [0.15, 0.2) is 5.82 Å². The summed E-state index contributed by atoms with van der Waals surface area (Å²) in [5.74, 6) is -1.67.